The fourth-order valence-corrected chi connectivity index (χ4v) is 6.49. The molecular formula is C41H37FN2O8. The summed E-state index contributed by atoms with van der Waals surface area (Å²) in [5.74, 6) is -2.05. The Morgan fingerprint density at radius 2 is 1.13 bits per heavy atom. The van der Waals surface area contributed by atoms with Crippen molar-refractivity contribution in [3.8, 4) is 39.5 Å². The van der Waals surface area contributed by atoms with Crippen LogP contribution >= 0.6 is 0 Å². The summed E-state index contributed by atoms with van der Waals surface area (Å²) >= 11 is 0. The van der Waals surface area contributed by atoms with Gasteiger partial charge in [0, 0.05) is 27.9 Å². The maximum absolute atomic E-state index is 15.2. The monoisotopic (exact) mass is 704 g/mol. The predicted octanol–water partition coefficient (Wildman–Crippen LogP) is 7.79. The molecule has 0 heterocycles. The van der Waals surface area contributed by atoms with Gasteiger partial charge in [0.05, 0.1) is 32.7 Å². The number of nitrogens with one attached hydrogen (secondary N) is 2. The van der Waals surface area contributed by atoms with Crippen LogP contribution in [0, 0.1) is 5.82 Å². The first-order chi connectivity index (χ1) is 25.2. The molecule has 4 aromatic carbocycles. The van der Waals surface area contributed by atoms with E-state index in [0.717, 1.165) is 11.1 Å². The first-order valence-corrected chi connectivity index (χ1v) is 16.8. The maximum Gasteiger partial charge on any atom is 0.342 e. The summed E-state index contributed by atoms with van der Waals surface area (Å²) in [6.45, 7) is 0. The number of carbonyl (C=O) groups is 4. The number of methoxy groups -OCH3 is 3. The topological polar surface area (TPSA) is 129 Å². The summed E-state index contributed by atoms with van der Waals surface area (Å²) in [5, 5.41) is 5.38. The lowest BCUT2D eigenvalue weighted by Crippen LogP contribution is -2.22. The highest BCUT2D eigenvalue weighted by atomic mass is 19.1. The Bertz CT molecular complexity index is 2140. The fourth-order valence-electron chi connectivity index (χ4n) is 6.49. The van der Waals surface area contributed by atoms with Crippen molar-refractivity contribution in [2.75, 3.05) is 32.0 Å². The summed E-state index contributed by atoms with van der Waals surface area (Å²) in [6.07, 6.45) is 2.02. The number of esters is 2. The number of hydrogen-bond donors (Lipinski definition) is 2. The van der Waals surface area contributed by atoms with Gasteiger partial charge in [-0.25, -0.2) is 14.0 Å². The highest BCUT2D eigenvalue weighted by Crippen LogP contribution is 2.36. The average Bonchev–Trinajstić information content (AvgIpc) is 3.87. The zero-order valence-electron chi connectivity index (χ0n) is 29.0. The lowest BCUT2D eigenvalue weighted by molar-refractivity contribution is -0.154. The van der Waals surface area contributed by atoms with Gasteiger partial charge in [0.15, 0.2) is 0 Å². The van der Waals surface area contributed by atoms with Crippen molar-refractivity contribution in [2.45, 2.75) is 38.5 Å². The SMILES string of the molecule is COc1cccc(-c2ccc(NC(=O)C3=C(C(=O)OC(=O)C4=C(C(=O)Nc5ccc(-c6ccccc6OC)cc5F)CCC4)CCC3)c(OC)c2)c1. The van der Waals surface area contributed by atoms with Gasteiger partial charge in [0.25, 0.3) is 11.8 Å². The first-order valence-electron chi connectivity index (χ1n) is 16.8. The van der Waals surface area contributed by atoms with Crippen LogP contribution in [0.1, 0.15) is 38.5 Å². The van der Waals surface area contributed by atoms with Gasteiger partial charge in [-0.3, -0.25) is 9.59 Å². The second kappa shape index (κ2) is 15.8. The molecule has 0 aromatic heterocycles. The Morgan fingerprint density at radius 1 is 0.558 bits per heavy atom. The second-order valence-corrected chi connectivity index (χ2v) is 12.2. The van der Waals surface area contributed by atoms with E-state index >= 15 is 4.39 Å². The van der Waals surface area contributed by atoms with Crippen LogP contribution in [0.15, 0.2) is 107 Å². The van der Waals surface area contributed by atoms with Crippen LogP contribution in [0.25, 0.3) is 22.3 Å². The molecule has 6 rings (SSSR count). The molecule has 2 aliphatic carbocycles. The highest BCUT2D eigenvalue weighted by molar-refractivity contribution is 6.14. The molecule has 10 nitrogen and oxygen atoms in total. The second-order valence-electron chi connectivity index (χ2n) is 12.2. The van der Waals surface area contributed by atoms with Crippen molar-refractivity contribution >= 4 is 35.1 Å². The third-order valence-corrected chi connectivity index (χ3v) is 9.15. The molecule has 0 fully saturated rings. The smallest absolute Gasteiger partial charge is 0.342 e. The number of anilines is 2. The van der Waals surface area contributed by atoms with Crippen LogP contribution in [-0.4, -0.2) is 45.1 Å². The number of carbonyl (C=O) groups excluding carboxylic acids is 4. The lowest BCUT2D eigenvalue weighted by atomic mass is 10.0. The molecule has 0 spiro atoms. The molecule has 2 amide bonds. The average molecular weight is 705 g/mol. The minimum atomic E-state index is -0.964. The van der Waals surface area contributed by atoms with E-state index in [1.165, 1.54) is 26.4 Å². The minimum Gasteiger partial charge on any atom is -0.497 e. The lowest BCUT2D eigenvalue weighted by Gasteiger charge is -2.14. The number of ether oxygens (including phenoxy) is 4. The summed E-state index contributed by atoms with van der Waals surface area (Å²) in [7, 11) is 4.61. The molecule has 11 heteroatoms. The summed E-state index contributed by atoms with van der Waals surface area (Å²) in [6, 6.07) is 24.4. The Kier molecular flexibility index (Phi) is 10.8. The van der Waals surface area contributed by atoms with E-state index in [1.54, 1.807) is 37.4 Å². The Balaban J connectivity index is 1.14. The first kappa shape index (κ1) is 35.6. The zero-order valence-corrected chi connectivity index (χ0v) is 29.0. The van der Waals surface area contributed by atoms with Crippen LogP contribution in [0.5, 0.6) is 17.2 Å². The standard InChI is InChI=1S/C41H37FN2O8/c1-49-27-10-6-9-24(21-27)25-17-20-35(37(23-25)51-3)44-39(46)30-13-8-15-32(30)41(48)52-40(47)31-14-7-12-29(31)38(45)43-34-19-18-26(22-33(34)42)28-11-4-5-16-36(28)50-2/h4-6,9-11,16-23H,7-8,12-15H2,1-3H3,(H,43,45)(H,44,46). The molecule has 0 saturated heterocycles. The number of benzene rings is 4. The van der Waals surface area contributed by atoms with Crippen LogP contribution in [-0.2, 0) is 23.9 Å². The Hall–Kier alpha value is -6.23. The van der Waals surface area contributed by atoms with Crippen molar-refractivity contribution in [3.63, 3.8) is 0 Å². The van der Waals surface area contributed by atoms with E-state index in [1.807, 2.05) is 42.5 Å². The Labute approximate surface area is 300 Å². The van der Waals surface area contributed by atoms with Crippen LogP contribution in [0.4, 0.5) is 15.8 Å². The summed E-state index contributed by atoms with van der Waals surface area (Å²) < 4.78 is 36.7. The molecule has 266 valence electrons. The van der Waals surface area contributed by atoms with Crippen LogP contribution < -0.4 is 24.8 Å². The molecule has 0 bridgehead atoms. The number of hydrogen-bond acceptors (Lipinski definition) is 8. The van der Waals surface area contributed by atoms with E-state index in [2.05, 4.69) is 10.6 Å². The fraction of sp³-hybridized carbons (Fsp3) is 0.220. The van der Waals surface area contributed by atoms with Gasteiger partial charge >= 0.3 is 11.9 Å². The van der Waals surface area contributed by atoms with E-state index in [-0.39, 0.29) is 47.2 Å². The van der Waals surface area contributed by atoms with E-state index < -0.39 is 29.6 Å². The largest absolute Gasteiger partial charge is 0.497 e. The molecular weight excluding hydrogens is 667 g/mol. The molecule has 52 heavy (non-hydrogen) atoms. The number of rotatable bonds is 11. The number of halogens is 1. The minimum absolute atomic E-state index is 0.0439. The van der Waals surface area contributed by atoms with E-state index in [9.17, 15) is 19.2 Å². The third-order valence-electron chi connectivity index (χ3n) is 9.15. The van der Waals surface area contributed by atoms with Gasteiger partial charge in [-0.15, -0.1) is 0 Å². The van der Waals surface area contributed by atoms with Gasteiger partial charge < -0.3 is 29.6 Å². The molecule has 0 aliphatic heterocycles. The van der Waals surface area contributed by atoms with Gasteiger partial charge in [0.1, 0.15) is 23.1 Å². The van der Waals surface area contributed by atoms with Crippen molar-refractivity contribution in [1.82, 2.24) is 0 Å². The van der Waals surface area contributed by atoms with Crippen molar-refractivity contribution in [3.05, 3.63) is 113 Å². The van der Waals surface area contributed by atoms with Gasteiger partial charge in [-0.1, -0.05) is 42.5 Å². The molecule has 0 unspecified atom stereocenters. The molecule has 2 aliphatic rings. The molecule has 0 saturated carbocycles. The van der Waals surface area contributed by atoms with Crippen molar-refractivity contribution in [2.24, 2.45) is 0 Å². The zero-order chi connectivity index (χ0) is 36.8. The molecule has 4 aromatic rings. The van der Waals surface area contributed by atoms with Gasteiger partial charge in [0.2, 0.25) is 0 Å². The normalized spacial score (nSPS) is 13.8. The number of amides is 2. The van der Waals surface area contributed by atoms with Crippen molar-refractivity contribution < 1.29 is 42.5 Å². The quantitative estimate of drug-likeness (QED) is 0.120. The number of para-hydroxylation sites is 1. The van der Waals surface area contributed by atoms with Crippen LogP contribution in [0.2, 0.25) is 0 Å². The van der Waals surface area contributed by atoms with E-state index in [4.69, 9.17) is 18.9 Å². The summed E-state index contributed by atoms with van der Waals surface area (Å²) in [5.41, 5.74) is 3.80. The Morgan fingerprint density at radius 3 is 1.77 bits per heavy atom. The molecule has 0 atom stereocenters. The maximum atomic E-state index is 15.2. The predicted molar refractivity (Wildman–Crippen MR) is 193 cm³/mol. The van der Waals surface area contributed by atoms with E-state index in [0.29, 0.717) is 53.3 Å². The van der Waals surface area contributed by atoms with Crippen molar-refractivity contribution in [1.29, 1.82) is 0 Å². The highest BCUT2D eigenvalue weighted by Gasteiger charge is 2.32. The summed E-state index contributed by atoms with van der Waals surface area (Å²) in [4.78, 5) is 53.2. The molecule has 2 N–H and O–H groups in total. The van der Waals surface area contributed by atoms with Gasteiger partial charge in [-0.05, 0) is 97.7 Å². The third kappa shape index (κ3) is 7.58. The van der Waals surface area contributed by atoms with Gasteiger partial charge in [-0.2, -0.15) is 0 Å². The molecule has 0 radical (unpaired) electrons. The van der Waals surface area contributed by atoms with Crippen LogP contribution in [0.3, 0.4) is 0 Å².